The molecule has 10 heteroatoms. The van der Waals surface area contributed by atoms with E-state index in [1.807, 2.05) is 0 Å². The number of hydrogen-bond donors (Lipinski definition) is 5. The Kier molecular flexibility index (Phi) is 4.65. The standard InChI is InChI=1S/C16H24N6O4/c1-17-13-10-14(19-7-18-13)22(15-12(25)11(24)9(6-23)26-15)16(21-10)20-8-4-2-3-5-8/h7-9,11-12,15,23-25H,2-6H2,1H3,(H,20,21)(H,17,18,19)/t9-,11-,12-,15-/m0/s1. The van der Waals surface area contributed by atoms with Gasteiger partial charge in [-0.25, -0.2) is 15.0 Å². The number of nitrogens with one attached hydrogen (secondary N) is 2. The predicted octanol–water partition coefficient (Wildman–Crippen LogP) is -0.166. The maximum atomic E-state index is 10.5. The molecule has 1 saturated carbocycles. The van der Waals surface area contributed by atoms with Crippen LogP contribution in [-0.2, 0) is 4.74 Å². The van der Waals surface area contributed by atoms with Crippen LogP contribution in [0.5, 0.6) is 0 Å². The molecule has 0 bridgehead atoms. The average molecular weight is 364 g/mol. The molecule has 0 aromatic carbocycles. The molecule has 4 rings (SSSR count). The Bertz CT molecular complexity index is 777. The average Bonchev–Trinajstić information content (AvgIpc) is 3.35. The lowest BCUT2D eigenvalue weighted by Gasteiger charge is -2.21. The van der Waals surface area contributed by atoms with Gasteiger partial charge in [-0.2, -0.15) is 0 Å². The van der Waals surface area contributed by atoms with Crippen LogP contribution in [0, 0.1) is 0 Å². The zero-order valence-electron chi connectivity index (χ0n) is 14.5. The molecule has 0 radical (unpaired) electrons. The van der Waals surface area contributed by atoms with Crippen molar-refractivity contribution in [2.75, 3.05) is 24.3 Å². The molecule has 1 aliphatic carbocycles. The third-order valence-electron chi connectivity index (χ3n) is 5.17. The van der Waals surface area contributed by atoms with E-state index >= 15 is 0 Å². The first-order valence-electron chi connectivity index (χ1n) is 8.93. The number of rotatable bonds is 5. The van der Waals surface area contributed by atoms with E-state index in [1.165, 1.54) is 6.33 Å². The van der Waals surface area contributed by atoms with Crippen molar-refractivity contribution in [2.24, 2.45) is 0 Å². The minimum absolute atomic E-state index is 0.286. The lowest BCUT2D eigenvalue weighted by Crippen LogP contribution is -2.33. The first kappa shape index (κ1) is 17.4. The summed E-state index contributed by atoms with van der Waals surface area (Å²) in [4.78, 5) is 13.1. The van der Waals surface area contributed by atoms with Crippen molar-refractivity contribution in [1.29, 1.82) is 0 Å². The van der Waals surface area contributed by atoms with Gasteiger partial charge in [0.05, 0.1) is 6.61 Å². The molecular formula is C16H24N6O4. The Morgan fingerprint density at radius 2 is 2.00 bits per heavy atom. The number of fused-ring (bicyclic) bond motifs is 1. The topological polar surface area (TPSA) is 138 Å². The van der Waals surface area contributed by atoms with Crippen LogP contribution in [0.3, 0.4) is 0 Å². The summed E-state index contributed by atoms with van der Waals surface area (Å²) < 4.78 is 7.37. The molecule has 10 nitrogen and oxygen atoms in total. The zero-order valence-corrected chi connectivity index (χ0v) is 14.5. The van der Waals surface area contributed by atoms with Gasteiger partial charge < -0.3 is 30.7 Å². The van der Waals surface area contributed by atoms with Crippen LogP contribution >= 0.6 is 0 Å². The number of aromatic nitrogens is 4. The molecule has 4 atom stereocenters. The Hall–Kier alpha value is -2.01. The number of nitrogens with zero attached hydrogens (tertiary/aromatic N) is 4. The second-order valence-corrected chi connectivity index (χ2v) is 6.80. The lowest BCUT2D eigenvalue weighted by molar-refractivity contribution is -0.0501. The van der Waals surface area contributed by atoms with Gasteiger partial charge in [-0.3, -0.25) is 4.57 Å². The molecule has 2 aromatic rings. The SMILES string of the molecule is CNc1ncnc2c1nc(NC1CCCC1)n2[C@H]1O[C@@H](CO)[C@H](O)[C@@H]1O. The Balaban J connectivity index is 1.80. The van der Waals surface area contributed by atoms with Crippen LogP contribution in [0.4, 0.5) is 11.8 Å². The van der Waals surface area contributed by atoms with Gasteiger partial charge in [-0.05, 0) is 12.8 Å². The van der Waals surface area contributed by atoms with E-state index in [0.717, 1.165) is 25.7 Å². The minimum Gasteiger partial charge on any atom is -0.394 e. The van der Waals surface area contributed by atoms with Gasteiger partial charge in [-0.1, -0.05) is 12.8 Å². The number of ether oxygens (including phenoxy) is 1. The van der Waals surface area contributed by atoms with Crippen LogP contribution in [-0.4, -0.2) is 72.8 Å². The quantitative estimate of drug-likeness (QED) is 0.490. The van der Waals surface area contributed by atoms with Gasteiger partial charge in [0, 0.05) is 13.1 Å². The van der Waals surface area contributed by atoms with Crippen LogP contribution in [0.15, 0.2) is 6.33 Å². The summed E-state index contributed by atoms with van der Waals surface area (Å²) in [6.45, 7) is -0.385. The summed E-state index contributed by atoms with van der Waals surface area (Å²) in [7, 11) is 1.75. The molecule has 0 spiro atoms. The van der Waals surface area contributed by atoms with E-state index in [9.17, 15) is 15.3 Å². The molecular weight excluding hydrogens is 340 g/mol. The molecule has 2 aliphatic rings. The van der Waals surface area contributed by atoms with Gasteiger partial charge in [0.1, 0.15) is 24.6 Å². The number of anilines is 2. The monoisotopic (exact) mass is 364 g/mol. The van der Waals surface area contributed by atoms with Crippen molar-refractivity contribution in [3.8, 4) is 0 Å². The largest absolute Gasteiger partial charge is 0.394 e. The van der Waals surface area contributed by atoms with Crippen LogP contribution in [0.2, 0.25) is 0 Å². The highest BCUT2D eigenvalue weighted by Gasteiger charge is 2.45. The Morgan fingerprint density at radius 1 is 1.23 bits per heavy atom. The number of aliphatic hydroxyl groups excluding tert-OH is 3. The van der Waals surface area contributed by atoms with Crippen molar-refractivity contribution < 1.29 is 20.1 Å². The minimum atomic E-state index is -1.21. The fourth-order valence-electron chi connectivity index (χ4n) is 3.78. The molecule has 2 fully saturated rings. The maximum absolute atomic E-state index is 10.5. The first-order valence-corrected chi connectivity index (χ1v) is 8.93. The van der Waals surface area contributed by atoms with E-state index in [4.69, 9.17) is 4.74 Å². The molecule has 0 amide bonds. The van der Waals surface area contributed by atoms with E-state index < -0.39 is 24.5 Å². The second-order valence-electron chi connectivity index (χ2n) is 6.80. The zero-order chi connectivity index (χ0) is 18.3. The second kappa shape index (κ2) is 6.95. The normalized spacial score (nSPS) is 29.5. The first-order chi connectivity index (χ1) is 12.6. The fraction of sp³-hybridized carbons (Fsp3) is 0.688. The van der Waals surface area contributed by atoms with E-state index in [1.54, 1.807) is 11.6 Å². The molecule has 2 aromatic heterocycles. The summed E-state index contributed by atoms with van der Waals surface area (Å²) >= 11 is 0. The number of aliphatic hydroxyl groups is 3. The van der Waals surface area contributed by atoms with Gasteiger partial charge in [0.2, 0.25) is 5.95 Å². The maximum Gasteiger partial charge on any atom is 0.207 e. The van der Waals surface area contributed by atoms with E-state index in [-0.39, 0.29) is 12.6 Å². The van der Waals surface area contributed by atoms with Crippen molar-refractivity contribution in [2.45, 2.75) is 56.3 Å². The molecule has 5 N–H and O–H groups in total. The van der Waals surface area contributed by atoms with Crippen molar-refractivity contribution in [3.05, 3.63) is 6.33 Å². The van der Waals surface area contributed by atoms with Crippen LogP contribution in [0.1, 0.15) is 31.9 Å². The third kappa shape index (κ3) is 2.78. The van der Waals surface area contributed by atoms with Gasteiger partial charge in [-0.15, -0.1) is 0 Å². The summed E-state index contributed by atoms with van der Waals surface area (Å²) in [5, 5.41) is 36.4. The predicted molar refractivity (Wildman–Crippen MR) is 93.8 cm³/mol. The fourth-order valence-corrected chi connectivity index (χ4v) is 3.78. The highest BCUT2D eigenvalue weighted by molar-refractivity contribution is 5.85. The highest BCUT2D eigenvalue weighted by Crippen LogP contribution is 2.36. The summed E-state index contributed by atoms with van der Waals surface area (Å²) in [6.07, 6.45) is 1.66. The number of hydrogen-bond acceptors (Lipinski definition) is 9. The molecule has 0 unspecified atom stereocenters. The van der Waals surface area contributed by atoms with Crippen molar-refractivity contribution in [1.82, 2.24) is 19.5 Å². The van der Waals surface area contributed by atoms with Gasteiger partial charge in [0.15, 0.2) is 23.2 Å². The molecule has 1 aliphatic heterocycles. The van der Waals surface area contributed by atoms with Gasteiger partial charge >= 0.3 is 0 Å². The molecule has 1 saturated heterocycles. The smallest absolute Gasteiger partial charge is 0.207 e. The molecule has 26 heavy (non-hydrogen) atoms. The lowest BCUT2D eigenvalue weighted by atomic mass is 10.1. The van der Waals surface area contributed by atoms with Crippen molar-refractivity contribution >= 4 is 22.9 Å². The summed E-state index contributed by atoms with van der Waals surface area (Å²) in [5.74, 6) is 1.08. The summed E-state index contributed by atoms with van der Waals surface area (Å²) in [6, 6.07) is 0.286. The molecule has 142 valence electrons. The van der Waals surface area contributed by atoms with Gasteiger partial charge in [0.25, 0.3) is 0 Å². The van der Waals surface area contributed by atoms with E-state index in [0.29, 0.717) is 22.9 Å². The van der Waals surface area contributed by atoms with Crippen molar-refractivity contribution in [3.63, 3.8) is 0 Å². The number of imidazole rings is 1. The Morgan fingerprint density at radius 3 is 2.65 bits per heavy atom. The van der Waals surface area contributed by atoms with Crippen LogP contribution < -0.4 is 10.6 Å². The highest BCUT2D eigenvalue weighted by atomic mass is 16.6. The third-order valence-corrected chi connectivity index (χ3v) is 5.17. The summed E-state index contributed by atoms with van der Waals surface area (Å²) in [5.41, 5.74) is 1.04. The van der Waals surface area contributed by atoms with E-state index in [2.05, 4.69) is 25.6 Å². The van der Waals surface area contributed by atoms with Crippen LogP contribution in [0.25, 0.3) is 11.2 Å². The molecule has 3 heterocycles. The Labute approximate surface area is 150 Å².